The normalized spacial score (nSPS) is 13.7. The molecule has 4 N–H and O–H groups in total. The number of nitrogens with two attached hydrogens (primary N) is 1. The van der Waals surface area contributed by atoms with Gasteiger partial charge in [0.05, 0.1) is 11.5 Å². The van der Waals surface area contributed by atoms with Crippen molar-refractivity contribution >= 4 is 34.3 Å². The highest BCUT2D eigenvalue weighted by Gasteiger charge is 2.19. The first-order valence-electron chi connectivity index (χ1n) is 12.5. The van der Waals surface area contributed by atoms with E-state index in [4.69, 9.17) is 10.5 Å². The van der Waals surface area contributed by atoms with Crippen molar-refractivity contribution in [1.29, 1.82) is 0 Å². The van der Waals surface area contributed by atoms with Crippen molar-refractivity contribution in [1.82, 2.24) is 14.9 Å². The molecule has 0 bridgehead atoms. The molecule has 198 valence electrons. The van der Waals surface area contributed by atoms with E-state index >= 15 is 0 Å². The Balaban J connectivity index is 1.63. The van der Waals surface area contributed by atoms with Crippen LogP contribution in [-0.2, 0) is 9.53 Å². The quantitative estimate of drug-likeness (QED) is 0.393. The van der Waals surface area contributed by atoms with Gasteiger partial charge in [-0.3, -0.25) is 15.1 Å². The zero-order chi connectivity index (χ0) is 27.4. The third-order valence-corrected chi connectivity index (χ3v) is 6.22. The molecule has 2 amide bonds. The van der Waals surface area contributed by atoms with E-state index in [1.807, 2.05) is 50.8 Å². The number of pyridine rings is 2. The molecule has 9 nitrogen and oxygen atoms in total. The molecule has 0 atom stereocenters. The van der Waals surface area contributed by atoms with Crippen LogP contribution in [-0.4, -0.2) is 45.6 Å². The Morgan fingerprint density at radius 3 is 2.53 bits per heavy atom. The molecule has 0 radical (unpaired) electrons. The highest BCUT2D eigenvalue weighted by molar-refractivity contribution is 6.05. The van der Waals surface area contributed by atoms with Crippen LogP contribution in [0.25, 0.3) is 21.9 Å². The molecule has 3 heterocycles. The summed E-state index contributed by atoms with van der Waals surface area (Å²) in [5, 5.41) is 7.24. The smallest absolute Gasteiger partial charge is 0.412 e. The number of aromatic nitrogens is 2. The number of carbonyl (C=O) groups is 2. The molecule has 2 aromatic heterocycles. The van der Waals surface area contributed by atoms with E-state index in [0.717, 1.165) is 53.6 Å². The Morgan fingerprint density at radius 1 is 1.13 bits per heavy atom. The van der Waals surface area contributed by atoms with Crippen molar-refractivity contribution in [2.24, 2.45) is 5.73 Å². The minimum Gasteiger partial charge on any atom is -0.444 e. The van der Waals surface area contributed by atoms with Crippen LogP contribution < -0.4 is 16.4 Å². The van der Waals surface area contributed by atoms with Crippen LogP contribution in [0.3, 0.4) is 0 Å². The lowest BCUT2D eigenvalue weighted by Crippen LogP contribution is -2.33. The molecule has 9 heteroatoms. The molecule has 1 aliphatic rings. The number of benzene rings is 1. The average molecular weight is 515 g/mol. The second-order valence-corrected chi connectivity index (χ2v) is 10.4. The first kappa shape index (κ1) is 26.7. The van der Waals surface area contributed by atoms with Gasteiger partial charge in [-0.25, -0.2) is 9.78 Å². The van der Waals surface area contributed by atoms with Gasteiger partial charge in [0.2, 0.25) is 5.91 Å². The summed E-state index contributed by atoms with van der Waals surface area (Å²) < 4.78 is 5.47. The molecule has 0 aliphatic carbocycles. The van der Waals surface area contributed by atoms with Crippen LogP contribution in [0.5, 0.6) is 0 Å². The molecule has 1 saturated heterocycles. The molecule has 3 aromatic rings. The van der Waals surface area contributed by atoms with Crippen molar-refractivity contribution in [3.63, 3.8) is 0 Å². The molecule has 1 aliphatic heterocycles. The fraction of sp³-hybridized carbons (Fsp3) is 0.310. The number of fused-ring (bicyclic) bond motifs is 1. The summed E-state index contributed by atoms with van der Waals surface area (Å²) >= 11 is 0. The van der Waals surface area contributed by atoms with Gasteiger partial charge in [0.15, 0.2) is 0 Å². The summed E-state index contributed by atoms with van der Waals surface area (Å²) in [4.78, 5) is 36.1. The number of piperidine rings is 1. The molecule has 0 unspecified atom stereocenters. The van der Waals surface area contributed by atoms with Crippen LogP contribution >= 0.6 is 0 Å². The fourth-order valence-electron chi connectivity index (χ4n) is 4.34. The first-order chi connectivity index (χ1) is 18.0. The van der Waals surface area contributed by atoms with Crippen LogP contribution in [0.4, 0.5) is 16.3 Å². The molecule has 0 spiro atoms. The van der Waals surface area contributed by atoms with E-state index in [0.29, 0.717) is 22.7 Å². The van der Waals surface area contributed by atoms with Gasteiger partial charge in [0.1, 0.15) is 11.4 Å². The zero-order valence-corrected chi connectivity index (χ0v) is 22.3. The standard InChI is InChI=1S/C29H34N6O3/c1-18-6-9-31-16-23(18)21-13-22-15-26(34-27(36)12-20-7-10-35(11-8-20)19(2)30)32-17-24(22)25(14-21)33-28(37)38-29(3,4)5/h6,9,12-17H,2,7-8,10-11,30H2,1,3-5H3,(H,33,37)(H,32,34,36). The minimum absolute atomic E-state index is 0.238. The maximum atomic E-state index is 12.7. The van der Waals surface area contributed by atoms with E-state index in [1.54, 1.807) is 30.7 Å². The van der Waals surface area contributed by atoms with Gasteiger partial charge in [0.25, 0.3) is 0 Å². The maximum Gasteiger partial charge on any atom is 0.412 e. The molecule has 38 heavy (non-hydrogen) atoms. The Bertz CT molecular complexity index is 1410. The molecule has 1 fully saturated rings. The van der Waals surface area contributed by atoms with Crippen LogP contribution in [0.15, 0.2) is 66.9 Å². The maximum absolute atomic E-state index is 12.7. The third-order valence-electron chi connectivity index (χ3n) is 6.22. The number of ether oxygens (including phenoxy) is 1. The highest BCUT2D eigenvalue weighted by Crippen LogP contribution is 2.33. The molecule has 4 rings (SSSR count). The topological polar surface area (TPSA) is 122 Å². The SMILES string of the molecule is C=C(N)N1CCC(=CC(=O)Nc2cc3cc(-c4cnccc4C)cc(NC(=O)OC(C)(C)C)c3cn2)CC1. The van der Waals surface area contributed by atoms with Crippen molar-refractivity contribution < 1.29 is 14.3 Å². The van der Waals surface area contributed by atoms with E-state index in [2.05, 4.69) is 27.2 Å². The fourth-order valence-corrected chi connectivity index (χ4v) is 4.34. The van der Waals surface area contributed by atoms with Crippen molar-refractivity contribution in [2.45, 2.75) is 46.1 Å². The average Bonchev–Trinajstić information content (AvgIpc) is 2.83. The van der Waals surface area contributed by atoms with E-state index in [1.165, 1.54) is 0 Å². The summed E-state index contributed by atoms with van der Waals surface area (Å²) in [7, 11) is 0. The monoisotopic (exact) mass is 514 g/mol. The molecule has 1 aromatic carbocycles. The predicted molar refractivity (Wildman–Crippen MR) is 150 cm³/mol. The number of hydrogen-bond acceptors (Lipinski definition) is 7. The predicted octanol–water partition coefficient (Wildman–Crippen LogP) is 5.34. The molecular formula is C29H34N6O3. The van der Waals surface area contributed by atoms with Crippen LogP contribution in [0.2, 0.25) is 0 Å². The van der Waals surface area contributed by atoms with Crippen molar-refractivity contribution in [3.05, 3.63) is 72.5 Å². The van der Waals surface area contributed by atoms with Gasteiger partial charge < -0.3 is 20.7 Å². The largest absolute Gasteiger partial charge is 0.444 e. The van der Waals surface area contributed by atoms with Crippen LogP contribution in [0.1, 0.15) is 39.2 Å². The lowest BCUT2D eigenvalue weighted by Gasteiger charge is -2.29. The summed E-state index contributed by atoms with van der Waals surface area (Å²) in [5.41, 5.74) is 9.58. The number of nitrogens with one attached hydrogen (secondary N) is 2. The molecule has 0 saturated carbocycles. The zero-order valence-electron chi connectivity index (χ0n) is 22.3. The second-order valence-electron chi connectivity index (χ2n) is 10.4. The Morgan fingerprint density at radius 2 is 1.87 bits per heavy atom. The van der Waals surface area contributed by atoms with Crippen molar-refractivity contribution in [2.75, 3.05) is 23.7 Å². The number of carbonyl (C=O) groups excluding carboxylic acids is 2. The number of amides is 2. The van der Waals surface area contributed by atoms with E-state index in [9.17, 15) is 9.59 Å². The van der Waals surface area contributed by atoms with Gasteiger partial charge in [-0.1, -0.05) is 12.2 Å². The number of anilines is 2. The summed E-state index contributed by atoms with van der Waals surface area (Å²) in [6.45, 7) is 12.7. The lowest BCUT2D eigenvalue weighted by molar-refractivity contribution is -0.112. The van der Waals surface area contributed by atoms with Gasteiger partial charge >= 0.3 is 6.09 Å². The summed E-state index contributed by atoms with van der Waals surface area (Å²) in [5.74, 6) is 0.726. The lowest BCUT2D eigenvalue weighted by atomic mass is 9.99. The van der Waals surface area contributed by atoms with Crippen LogP contribution in [0, 0.1) is 6.92 Å². The third kappa shape index (κ3) is 6.67. The summed E-state index contributed by atoms with van der Waals surface area (Å²) in [6, 6.07) is 7.59. The van der Waals surface area contributed by atoms with Gasteiger partial charge in [-0.15, -0.1) is 0 Å². The Hall–Kier alpha value is -4.40. The highest BCUT2D eigenvalue weighted by atomic mass is 16.6. The summed E-state index contributed by atoms with van der Waals surface area (Å²) in [6.07, 6.45) is 7.73. The van der Waals surface area contributed by atoms with E-state index < -0.39 is 11.7 Å². The number of nitrogens with zero attached hydrogens (tertiary/aromatic N) is 3. The van der Waals surface area contributed by atoms with Gasteiger partial charge in [-0.05, 0) is 81.3 Å². The van der Waals surface area contributed by atoms with Crippen molar-refractivity contribution in [3.8, 4) is 11.1 Å². The number of likely N-dealkylation sites (tertiary alicyclic amines) is 1. The van der Waals surface area contributed by atoms with Gasteiger partial charge in [0, 0.05) is 48.7 Å². The van der Waals surface area contributed by atoms with Gasteiger partial charge in [-0.2, -0.15) is 0 Å². The first-order valence-corrected chi connectivity index (χ1v) is 12.5. The second kappa shape index (κ2) is 10.9. The molecular weight excluding hydrogens is 480 g/mol. The number of aryl methyl sites for hydroxylation is 1. The number of rotatable bonds is 5. The Labute approximate surface area is 222 Å². The van der Waals surface area contributed by atoms with E-state index in [-0.39, 0.29) is 5.91 Å². The number of hydrogen-bond donors (Lipinski definition) is 3. The minimum atomic E-state index is -0.642. The Kier molecular flexibility index (Phi) is 7.66.